The van der Waals surface area contributed by atoms with E-state index in [9.17, 15) is 14.4 Å². The zero-order chi connectivity index (χ0) is 20.7. The van der Waals surface area contributed by atoms with Crippen molar-refractivity contribution < 1.29 is 4.79 Å². The second-order valence-electron chi connectivity index (χ2n) is 8.15. The third-order valence-electron chi connectivity index (χ3n) is 5.03. The normalized spacial score (nSPS) is 13.8. The fourth-order valence-corrected chi connectivity index (χ4v) is 3.52. The lowest BCUT2D eigenvalue weighted by Crippen LogP contribution is -2.33. The number of aryl methyl sites for hydroxylation is 1. The fraction of sp³-hybridized carbons (Fsp3) is 0.364. The lowest BCUT2D eigenvalue weighted by atomic mass is 10.1. The predicted molar refractivity (Wildman–Crippen MR) is 113 cm³/mol. The number of aromatic nitrogens is 3. The van der Waals surface area contributed by atoms with Gasteiger partial charge >= 0.3 is 5.69 Å². The molecule has 1 aliphatic rings. The molecule has 0 spiro atoms. The molecule has 2 heterocycles. The molecule has 1 saturated carbocycles. The van der Waals surface area contributed by atoms with Gasteiger partial charge in [-0.05, 0) is 49.4 Å². The lowest BCUT2D eigenvalue weighted by molar-refractivity contribution is 0.102. The van der Waals surface area contributed by atoms with Gasteiger partial charge in [0.25, 0.3) is 11.5 Å². The van der Waals surface area contributed by atoms with Gasteiger partial charge in [0, 0.05) is 23.8 Å². The summed E-state index contributed by atoms with van der Waals surface area (Å²) in [5, 5.41) is 3.03. The Morgan fingerprint density at radius 1 is 1.28 bits per heavy atom. The van der Waals surface area contributed by atoms with Crippen molar-refractivity contribution in [3.63, 3.8) is 0 Å². The number of benzene rings is 1. The zero-order valence-electron chi connectivity index (χ0n) is 16.8. The molecule has 0 unspecified atom stereocenters. The number of pyridine rings is 1. The predicted octanol–water partition coefficient (Wildman–Crippen LogP) is 3.18. The van der Waals surface area contributed by atoms with Crippen LogP contribution < -0.4 is 16.6 Å². The molecule has 150 valence electrons. The fourth-order valence-electron chi connectivity index (χ4n) is 3.52. The summed E-state index contributed by atoms with van der Waals surface area (Å²) in [6.07, 6.45) is 1.99. The minimum Gasteiger partial charge on any atom is -0.322 e. The molecule has 7 nitrogen and oxygen atoms in total. The van der Waals surface area contributed by atoms with Crippen LogP contribution in [0.1, 0.15) is 54.2 Å². The Balaban J connectivity index is 1.91. The van der Waals surface area contributed by atoms with Crippen LogP contribution in [0, 0.1) is 12.8 Å². The van der Waals surface area contributed by atoms with E-state index in [-0.39, 0.29) is 34.3 Å². The van der Waals surface area contributed by atoms with E-state index in [0.717, 1.165) is 24.1 Å². The molecule has 0 atom stereocenters. The number of aromatic amines is 1. The number of anilines is 1. The zero-order valence-corrected chi connectivity index (χ0v) is 16.8. The average Bonchev–Trinajstić information content (AvgIpc) is 3.49. The molecule has 1 aliphatic carbocycles. The Morgan fingerprint density at radius 2 is 2.03 bits per heavy atom. The highest BCUT2D eigenvalue weighted by Gasteiger charge is 2.28. The highest BCUT2D eigenvalue weighted by Crippen LogP contribution is 2.40. The molecular weight excluding hydrogens is 368 g/mol. The monoisotopic (exact) mass is 392 g/mol. The van der Waals surface area contributed by atoms with Crippen LogP contribution in [-0.4, -0.2) is 20.4 Å². The van der Waals surface area contributed by atoms with E-state index in [1.807, 2.05) is 39.0 Å². The van der Waals surface area contributed by atoms with Crippen molar-refractivity contribution in [2.75, 3.05) is 5.32 Å². The van der Waals surface area contributed by atoms with Crippen LogP contribution in [0.15, 0.2) is 39.9 Å². The maximum absolute atomic E-state index is 13.1. The van der Waals surface area contributed by atoms with Gasteiger partial charge < -0.3 is 5.32 Å². The Kier molecular flexibility index (Phi) is 4.82. The largest absolute Gasteiger partial charge is 0.330 e. The summed E-state index contributed by atoms with van der Waals surface area (Å²) in [6.45, 7) is 6.32. The van der Waals surface area contributed by atoms with E-state index in [2.05, 4.69) is 15.3 Å². The van der Waals surface area contributed by atoms with Crippen LogP contribution >= 0.6 is 0 Å². The van der Waals surface area contributed by atoms with Gasteiger partial charge in [-0.15, -0.1) is 0 Å². The van der Waals surface area contributed by atoms with Gasteiger partial charge in [-0.3, -0.25) is 19.1 Å². The Labute approximate surface area is 167 Å². The standard InChI is InChI=1S/C22H24N4O3/c1-12(2)11-26-19-18(21(28)25-22(26)29)16(10-17(24-19)14-7-8-14)20(27)23-15-6-4-5-13(3)9-15/h4-6,9-10,12,14H,7-8,11H2,1-3H3,(H,23,27)(H,25,28,29). The van der Waals surface area contributed by atoms with E-state index >= 15 is 0 Å². The molecule has 2 N–H and O–H groups in total. The van der Waals surface area contributed by atoms with E-state index in [4.69, 9.17) is 0 Å². The van der Waals surface area contributed by atoms with Crippen LogP contribution in [0.2, 0.25) is 0 Å². The first kappa shape index (κ1) is 19.1. The maximum Gasteiger partial charge on any atom is 0.330 e. The smallest absolute Gasteiger partial charge is 0.322 e. The molecule has 4 rings (SSSR count). The number of amides is 1. The second kappa shape index (κ2) is 7.31. The topological polar surface area (TPSA) is 96.8 Å². The number of nitrogens with zero attached hydrogens (tertiary/aromatic N) is 2. The summed E-state index contributed by atoms with van der Waals surface area (Å²) in [5.41, 5.74) is 1.87. The SMILES string of the molecule is Cc1cccc(NC(=O)c2cc(C3CC3)nc3c2c(=O)[nH]c(=O)n3CC(C)C)c1. The summed E-state index contributed by atoms with van der Waals surface area (Å²) < 4.78 is 1.47. The van der Waals surface area contributed by atoms with Crippen LogP contribution in [0.5, 0.6) is 0 Å². The summed E-state index contributed by atoms with van der Waals surface area (Å²) in [4.78, 5) is 45.3. The quantitative estimate of drug-likeness (QED) is 0.697. The molecule has 1 fully saturated rings. The first-order valence-corrected chi connectivity index (χ1v) is 9.89. The van der Waals surface area contributed by atoms with Gasteiger partial charge in [-0.2, -0.15) is 0 Å². The number of hydrogen-bond acceptors (Lipinski definition) is 4. The molecular formula is C22H24N4O3. The first-order valence-electron chi connectivity index (χ1n) is 9.89. The molecule has 29 heavy (non-hydrogen) atoms. The van der Waals surface area contributed by atoms with Crippen molar-refractivity contribution in [2.24, 2.45) is 5.92 Å². The van der Waals surface area contributed by atoms with Crippen molar-refractivity contribution in [1.82, 2.24) is 14.5 Å². The van der Waals surface area contributed by atoms with Gasteiger partial charge in [-0.1, -0.05) is 26.0 Å². The van der Waals surface area contributed by atoms with E-state index in [1.54, 1.807) is 12.1 Å². The summed E-state index contributed by atoms with van der Waals surface area (Å²) in [6, 6.07) is 9.16. The van der Waals surface area contributed by atoms with Crippen molar-refractivity contribution in [3.8, 4) is 0 Å². The number of carbonyl (C=O) groups is 1. The Hall–Kier alpha value is -3.22. The van der Waals surface area contributed by atoms with Crippen LogP contribution in [-0.2, 0) is 6.54 Å². The van der Waals surface area contributed by atoms with Crippen molar-refractivity contribution in [3.05, 3.63) is 68.0 Å². The Bertz CT molecular complexity index is 1220. The van der Waals surface area contributed by atoms with Crippen LogP contribution in [0.25, 0.3) is 11.0 Å². The minimum absolute atomic E-state index is 0.153. The molecule has 0 aliphatic heterocycles. The van der Waals surface area contributed by atoms with E-state index < -0.39 is 11.2 Å². The van der Waals surface area contributed by atoms with Crippen LogP contribution in [0.3, 0.4) is 0 Å². The van der Waals surface area contributed by atoms with Gasteiger partial charge in [-0.25, -0.2) is 9.78 Å². The second-order valence-corrected chi connectivity index (χ2v) is 8.15. The number of carbonyl (C=O) groups excluding carboxylic acids is 1. The molecule has 0 saturated heterocycles. The molecule has 3 aromatic rings. The van der Waals surface area contributed by atoms with Crippen LogP contribution in [0.4, 0.5) is 5.69 Å². The lowest BCUT2D eigenvalue weighted by Gasteiger charge is -2.15. The van der Waals surface area contributed by atoms with Gasteiger partial charge in [0.05, 0.1) is 10.9 Å². The first-order chi connectivity index (χ1) is 13.8. The van der Waals surface area contributed by atoms with Gasteiger partial charge in [0.2, 0.25) is 0 Å². The van der Waals surface area contributed by atoms with Gasteiger partial charge in [0.1, 0.15) is 0 Å². The average molecular weight is 392 g/mol. The molecule has 0 bridgehead atoms. The number of hydrogen-bond donors (Lipinski definition) is 2. The number of nitrogens with one attached hydrogen (secondary N) is 2. The number of rotatable bonds is 5. The third-order valence-corrected chi connectivity index (χ3v) is 5.03. The van der Waals surface area contributed by atoms with E-state index in [1.165, 1.54) is 4.57 Å². The molecule has 7 heteroatoms. The summed E-state index contributed by atoms with van der Waals surface area (Å²) in [7, 11) is 0. The molecule has 1 aromatic carbocycles. The Morgan fingerprint density at radius 3 is 2.69 bits per heavy atom. The summed E-state index contributed by atoms with van der Waals surface area (Å²) >= 11 is 0. The van der Waals surface area contributed by atoms with Crippen molar-refractivity contribution >= 4 is 22.6 Å². The highest BCUT2D eigenvalue weighted by atomic mass is 16.2. The van der Waals surface area contributed by atoms with Crippen molar-refractivity contribution in [2.45, 2.75) is 46.1 Å². The number of fused-ring (bicyclic) bond motifs is 1. The minimum atomic E-state index is -0.589. The molecule has 1 amide bonds. The van der Waals surface area contributed by atoms with Gasteiger partial charge in [0.15, 0.2) is 5.65 Å². The maximum atomic E-state index is 13.1. The highest BCUT2D eigenvalue weighted by molar-refractivity contribution is 6.11. The molecule has 0 radical (unpaired) electrons. The molecule has 2 aromatic heterocycles. The van der Waals surface area contributed by atoms with E-state index in [0.29, 0.717) is 12.2 Å². The van der Waals surface area contributed by atoms with Crippen molar-refractivity contribution in [1.29, 1.82) is 0 Å². The number of H-pyrrole nitrogens is 1. The summed E-state index contributed by atoms with van der Waals surface area (Å²) in [5.74, 6) is 0.0645. The third kappa shape index (κ3) is 3.85.